The van der Waals surface area contributed by atoms with Crippen LogP contribution in [0.3, 0.4) is 0 Å². The Balaban J connectivity index is 1.77. The molecule has 0 aliphatic carbocycles. The van der Waals surface area contributed by atoms with Gasteiger partial charge in [0, 0.05) is 34.9 Å². The first kappa shape index (κ1) is 23.8. The number of rotatable bonds is 5. The van der Waals surface area contributed by atoms with E-state index in [1.54, 1.807) is 58.9 Å². The molecule has 1 aliphatic rings. The van der Waals surface area contributed by atoms with Gasteiger partial charge in [0.05, 0.1) is 10.6 Å². The Morgan fingerprint density at radius 1 is 0.853 bits per heavy atom. The molecule has 0 bridgehead atoms. The fourth-order valence-electron chi connectivity index (χ4n) is 3.95. The van der Waals surface area contributed by atoms with Crippen molar-refractivity contribution >= 4 is 46.6 Å². The molecule has 4 rings (SSSR count). The van der Waals surface area contributed by atoms with Crippen LogP contribution in [0.1, 0.15) is 43.9 Å². The maximum absolute atomic E-state index is 13.2. The highest BCUT2D eigenvalue weighted by atomic mass is 35.5. The van der Waals surface area contributed by atoms with Gasteiger partial charge in [-0.15, -0.1) is 0 Å². The van der Waals surface area contributed by atoms with Gasteiger partial charge in [0.1, 0.15) is 0 Å². The van der Waals surface area contributed by atoms with Crippen LogP contribution in [0, 0.1) is 0 Å². The van der Waals surface area contributed by atoms with Gasteiger partial charge in [-0.2, -0.15) is 0 Å². The third-order valence-corrected chi connectivity index (χ3v) is 6.14. The van der Waals surface area contributed by atoms with E-state index in [-0.39, 0.29) is 22.1 Å². The van der Waals surface area contributed by atoms with Gasteiger partial charge in [-0.25, -0.2) is 5.48 Å². The molecule has 174 valence electrons. The number of halogens is 2. The average molecular weight is 498 g/mol. The van der Waals surface area contributed by atoms with Gasteiger partial charge in [0.25, 0.3) is 17.7 Å². The molecule has 0 saturated carbocycles. The van der Waals surface area contributed by atoms with E-state index in [1.807, 2.05) is 0 Å². The third-order valence-electron chi connectivity index (χ3n) is 5.59. The molecule has 1 saturated heterocycles. The fourth-order valence-corrected chi connectivity index (χ4v) is 4.44. The molecule has 0 radical (unpaired) electrons. The van der Waals surface area contributed by atoms with Crippen molar-refractivity contribution in [3.63, 3.8) is 0 Å². The van der Waals surface area contributed by atoms with E-state index in [0.29, 0.717) is 40.5 Å². The zero-order chi connectivity index (χ0) is 24.2. The SMILES string of the molecule is O=C(Nc1cc(C(=O)N2CCCC2)cc(-c2ccccc2C(=O)NO)c1)c1ccc(Cl)cc1Cl. The average Bonchev–Trinajstić information content (AvgIpc) is 3.37. The number of nitrogens with zero attached hydrogens (tertiary/aromatic N) is 1. The molecule has 3 aromatic rings. The fraction of sp³-hybridized carbons (Fsp3) is 0.160. The highest BCUT2D eigenvalue weighted by Gasteiger charge is 2.22. The number of hydrogen-bond acceptors (Lipinski definition) is 4. The number of carbonyl (C=O) groups is 3. The normalized spacial score (nSPS) is 13.0. The van der Waals surface area contributed by atoms with Crippen LogP contribution in [0.4, 0.5) is 5.69 Å². The summed E-state index contributed by atoms with van der Waals surface area (Å²) in [5, 5.41) is 12.5. The van der Waals surface area contributed by atoms with Crippen LogP contribution in [0.25, 0.3) is 11.1 Å². The minimum atomic E-state index is -0.689. The second-order valence-corrected chi connectivity index (χ2v) is 8.71. The van der Waals surface area contributed by atoms with Crippen LogP contribution in [0.2, 0.25) is 10.0 Å². The van der Waals surface area contributed by atoms with Crippen LogP contribution in [-0.4, -0.2) is 40.9 Å². The number of benzene rings is 3. The smallest absolute Gasteiger partial charge is 0.275 e. The van der Waals surface area contributed by atoms with Crippen molar-refractivity contribution in [2.75, 3.05) is 18.4 Å². The summed E-state index contributed by atoms with van der Waals surface area (Å²) in [6.07, 6.45) is 1.87. The first-order valence-electron chi connectivity index (χ1n) is 10.6. The molecule has 0 atom stereocenters. The van der Waals surface area contributed by atoms with E-state index in [0.717, 1.165) is 12.8 Å². The zero-order valence-corrected chi connectivity index (χ0v) is 19.5. The van der Waals surface area contributed by atoms with E-state index >= 15 is 0 Å². The second kappa shape index (κ2) is 10.3. The summed E-state index contributed by atoms with van der Waals surface area (Å²) in [6.45, 7) is 1.32. The van der Waals surface area contributed by atoms with Crippen molar-refractivity contribution in [2.45, 2.75) is 12.8 Å². The molecular weight excluding hydrogens is 477 g/mol. The first-order valence-corrected chi connectivity index (χ1v) is 11.4. The molecule has 0 spiro atoms. The van der Waals surface area contributed by atoms with E-state index in [9.17, 15) is 14.4 Å². The summed E-state index contributed by atoms with van der Waals surface area (Å²) >= 11 is 12.1. The minimum absolute atomic E-state index is 0.163. The molecule has 0 unspecified atom stereocenters. The van der Waals surface area contributed by atoms with Crippen LogP contribution in [0.5, 0.6) is 0 Å². The van der Waals surface area contributed by atoms with Crippen molar-refractivity contribution < 1.29 is 19.6 Å². The molecule has 9 heteroatoms. The van der Waals surface area contributed by atoms with Crippen molar-refractivity contribution in [1.82, 2.24) is 10.4 Å². The molecule has 3 aromatic carbocycles. The van der Waals surface area contributed by atoms with Crippen LogP contribution >= 0.6 is 23.2 Å². The maximum atomic E-state index is 13.2. The van der Waals surface area contributed by atoms with E-state index in [4.69, 9.17) is 28.4 Å². The molecule has 0 aromatic heterocycles. The van der Waals surface area contributed by atoms with Crippen molar-refractivity contribution in [3.05, 3.63) is 87.4 Å². The van der Waals surface area contributed by atoms with E-state index in [1.165, 1.54) is 12.1 Å². The quantitative estimate of drug-likeness (QED) is 0.330. The topological polar surface area (TPSA) is 98.7 Å². The summed E-state index contributed by atoms with van der Waals surface area (Å²) in [5.41, 5.74) is 3.83. The largest absolute Gasteiger partial charge is 0.339 e. The molecule has 7 nitrogen and oxygen atoms in total. The van der Waals surface area contributed by atoms with Gasteiger partial charge in [0.2, 0.25) is 0 Å². The van der Waals surface area contributed by atoms with Gasteiger partial charge < -0.3 is 10.2 Å². The number of carbonyl (C=O) groups excluding carboxylic acids is 3. The van der Waals surface area contributed by atoms with E-state index < -0.39 is 11.8 Å². The van der Waals surface area contributed by atoms with E-state index in [2.05, 4.69) is 5.32 Å². The van der Waals surface area contributed by atoms with Gasteiger partial charge in [-0.3, -0.25) is 19.6 Å². The highest BCUT2D eigenvalue weighted by Crippen LogP contribution is 2.30. The van der Waals surface area contributed by atoms with Gasteiger partial charge in [-0.1, -0.05) is 41.4 Å². The summed E-state index contributed by atoms with van der Waals surface area (Å²) in [4.78, 5) is 40.1. The minimum Gasteiger partial charge on any atom is -0.339 e. The lowest BCUT2D eigenvalue weighted by molar-refractivity contribution is 0.0706. The summed E-state index contributed by atoms with van der Waals surface area (Å²) in [7, 11) is 0. The number of amides is 3. The Labute approximate surface area is 206 Å². The molecule has 3 N–H and O–H groups in total. The van der Waals surface area contributed by atoms with Crippen LogP contribution < -0.4 is 10.8 Å². The Hall–Kier alpha value is -3.39. The molecule has 3 amide bonds. The maximum Gasteiger partial charge on any atom is 0.275 e. The Kier molecular flexibility index (Phi) is 7.17. The third kappa shape index (κ3) is 5.07. The second-order valence-electron chi connectivity index (χ2n) is 7.86. The molecule has 34 heavy (non-hydrogen) atoms. The van der Waals surface area contributed by atoms with Crippen molar-refractivity contribution in [1.29, 1.82) is 0 Å². The first-order chi connectivity index (χ1) is 16.4. The van der Waals surface area contributed by atoms with Crippen LogP contribution in [0.15, 0.2) is 60.7 Å². The van der Waals surface area contributed by atoms with Gasteiger partial charge in [0.15, 0.2) is 0 Å². The predicted octanol–water partition coefficient (Wildman–Crippen LogP) is 5.27. The summed E-state index contributed by atoms with van der Waals surface area (Å²) in [5.74, 6) is -1.33. The number of hydroxylamine groups is 1. The predicted molar refractivity (Wildman–Crippen MR) is 131 cm³/mol. The Morgan fingerprint density at radius 3 is 2.29 bits per heavy atom. The summed E-state index contributed by atoms with van der Waals surface area (Å²) < 4.78 is 0. The lowest BCUT2D eigenvalue weighted by Crippen LogP contribution is -2.27. The van der Waals surface area contributed by atoms with Gasteiger partial charge in [-0.05, 0) is 66.4 Å². The summed E-state index contributed by atoms with van der Waals surface area (Å²) in [6, 6.07) is 16.1. The Bertz CT molecular complexity index is 1270. The highest BCUT2D eigenvalue weighted by molar-refractivity contribution is 6.37. The van der Waals surface area contributed by atoms with Crippen LogP contribution in [-0.2, 0) is 0 Å². The number of nitrogens with one attached hydrogen (secondary N) is 2. The molecule has 1 fully saturated rings. The van der Waals surface area contributed by atoms with Crippen molar-refractivity contribution in [3.8, 4) is 11.1 Å². The lowest BCUT2D eigenvalue weighted by Gasteiger charge is -2.18. The monoisotopic (exact) mass is 497 g/mol. The number of anilines is 1. The molecular formula is C25H21Cl2N3O4. The zero-order valence-electron chi connectivity index (χ0n) is 18.0. The molecule has 1 heterocycles. The van der Waals surface area contributed by atoms with Crippen molar-refractivity contribution in [2.24, 2.45) is 0 Å². The lowest BCUT2D eigenvalue weighted by atomic mass is 9.96. The number of hydrogen-bond donors (Lipinski definition) is 3. The molecule has 1 aliphatic heterocycles. The standard InChI is InChI=1S/C25H21Cl2N3O4/c26-17-7-8-21(22(27)14-17)23(31)28-18-12-15(19-5-1-2-6-20(19)24(32)29-34)11-16(13-18)25(33)30-9-3-4-10-30/h1-2,5-8,11-14,34H,3-4,9-10H2,(H,28,31)(H,29,32). The van der Waals surface area contributed by atoms with Gasteiger partial charge >= 0.3 is 0 Å². The Morgan fingerprint density at radius 2 is 1.59 bits per heavy atom. The number of likely N-dealkylation sites (tertiary alicyclic amines) is 1.